The van der Waals surface area contributed by atoms with Crippen LogP contribution < -0.4 is 14.8 Å². The molecule has 1 saturated heterocycles. The number of aromatic nitrogens is 2. The number of hydrogen-bond donors (Lipinski definition) is 1. The van der Waals surface area contributed by atoms with E-state index in [1.807, 2.05) is 6.92 Å². The number of methoxy groups -OCH3 is 2. The minimum absolute atomic E-state index is 0.108. The molecule has 0 aliphatic carbocycles. The van der Waals surface area contributed by atoms with Crippen LogP contribution in [0.1, 0.15) is 40.6 Å². The summed E-state index contributed by atoms with van der Waals surface area (Å²) in [6.45, 7) is 3.74. The Bertz CT molecular complexity index is 905. The van der Waals surface area contributed by atoms with Crippen molar-refractivity contribution in [1.82, 2.24) is 14.7 Å². The molecular formula is C21H28N4O5. The summed E-state index contributed by atoms with van der Waals surface area (Å²) in [7, 11) is 4.76. The molecule has 2 aromatic rings. The van der Waals surface area contributed by atoms with Gasteiger partial charge in [0.2, 0.25) is 0 Å². The molecule has 9 nitrogen and oxygen atoms in total. The predicted octanol–water partition coefficient (Wildman–Crippen LogP) is 2.42. The zero-order valence-corrected chi connectivity index (χ0v) is 17.8. The van der Waals surface area contributed by atoms with E-state index in [0.717, 1.165) is 12.8 Å². The van der Waals surface area contributed by atoms with Crippen LogP contribution in [0.4, 0.5) is 5.69 Å². The highest BCUT2D eigenvalue weighted by molar-refractivity contribution is 6.05. The third kappa shape index (κ3) is 4.40. The molecular weight excluding hydrogens is 388 g/mol. The number of amides is 2. The van der Waals surface area contributed by atoms with Crippen molar-refractivity contribution in [3.05, 3.63) is 35.7 Å². The lowest BCUT2D eigenvalue weighted by atomic mass is 10.1. The van der Waals surface area contributed by atoms with E-state index in [1.165, 1.54) is 14.2 Å². The van der Waals surface area contributed by atoms with E-state index in [4.69, 9.17) is 14.2 Å². The minimum Gasteiger partial charge on any atom is -0.493 e. The number of ether oxygens (including phenoxy) is 3. The highest BCUT2D eigenvalue weighted by Gasteiger charge is 2.26. The summed E-state index contributed by atoms with van der Waals surface area (Å²) < 4.78 is 17.9. The molecule has 3 rings (SSSR count). The van der Waals surface area contributed by atoms with Gasteiger partial charge in [0.1, 0.15) is 5.69 Å². The first-order chi connectivity index (χ1) is 14.5. The number of nitrogens with one attached hydrogen (secondary N) is 1. The van der Waals surface area contributed by atoms with Gasteiger partial charge in [-0.05, 0) is 38.0 Å². The first kappa shape index (κ1) is 21.6. The average molecular weight is 416 g/mol. The van der Waals surface area contributed by atoms with Gasteiger partial charge in [-0.25, -0.2) is 0 Å². The molecule has 162 valence electrons. The molecule has 1 N–H and O–H groups in total. The average Bonchev–Trinajstić information content (AvgIpc) is 3.27. The van der Waals surface area contributed by atoms with E-state index >= 15 is 0 Å². The van der Waals surface area contributed by atoms with E-state index in [0.29, 0.717) is 48.2 Å². The Morgan fingerprint density at radius 2 is 2.00 bits per heavy atom. The molecule has 0 radical (unpaired) electrons. The van der Waals surface area contributed by atoms with Gasteiger partial charge in [0.25, 0.3) is 11.8 Å². The third-order valence-electron chi connectivity index (χ3n) is 5.28. The summed E-state index contributed by atoms with van der Waals surface area (Å²) in [6.07, 6.45) is 3.15. The predicted molar refractivity (Wildman–Crippen MR) is 111 cm³/mol. The first-order valence-electron chi connectivity index (χ1n) is 9.94. The van der Waals surface area contributed by atoms with Gasteiger partial charge in [0.15, 0.2) is 11.5 Å². The van der Waals surface area contributed by atoms with Crippen LogP contribution in [0.3, 0.4) is 0 Å². The van der Waals surface area contributed by atoms with Crippen molar-refractivity contribution in [2.45, 2.75) is 32.4 Å². The minimum atomic E-state index is -0.350. The summed E-state index contributed by atoms with van der Waals surface area (Å²) in [5, 5.41) is 6.95. The fourth-order valence-corrected chi connectivity index (χ4v) is 3.59. The van der Waals surface area contributed by atoms with Gasteiger partial charge in [-0.2, -0.15) is 5.10 Å². The molecule has 9 heteroatoms. The van der Waals surface area contributed by atoms with E-state index < -0.39 is 0 Å². The number of hydrogen-bond acceptors (Lipinski definition) is 6. The summed E-state index contributed by atoms with van der Waals surface area (Å²) in [4.78, 5) is 27.7. The highest BCUT2D eigenvalue weighted by Crippen LogP contribution is 2.37. The van der Waals surface area contributed by atoms with Gasteiger partial charge in [-0.15, -0.1) is 0 Å². The molecule has 0 saturated carbocycles. The normalized spacial score (nSPS) is 14.3. The Hall–Kier alpha value is -3.07. The van der Waals surface area contributed by atoms with Crippen molar-refractivity contribution in [1.29, 1.82) is 0 Å². The molecule has 30 heavy (non-hydrogen) atoms. The zero-order valence-electron chi connectivity index (χ0n) is 17.8. The van der Waals surface area contributed by atoms with Crippen LogP contribution in [-0.2, 0) is 11.3 Å². The fourth-order valence-electron chi connectivity index (χ4n) is 3.59. The molecule has 2 heterocycles. The Morgan fingerprint density at radius 3 is 2.63 bits per heavy atom. The van der Waals surface area contributed by atoms with Crippen LogP contribution in [-0.4, -0.2) is 67.0 Å². The van der Waals surface area contributed by atoms with Gasteiger partial charge in [0, 0.05) is 44.6 Å². The molecule has 1 aliphatic rings. The standard InChI is InChI=1S/C21H28N4O5/c1-5-25-17(6-9-22-25)20(26)23-16-12-14(13-18(28-3)19(16)29-4)21(27)24(2)15-7-10-30-11-8-15/h6,9,12-13,15H,5,7-8,10-11H2,1-4H3,(H,23,26). The fraction of sp³-hybridized carbons (Fsp3) is 0.476. The second kappa shape index (κ2) is 9.62. The quantitative estimate of drug-likeness (QED) is 0.745. The second-order valence-electron chi connectivity index (χ2n) is 7.01. The number of carbonyl (C=O) groups is 2. The van der Waals surface area contributed by atoms with Gasteiger partial charge in [-0.3, -0.25) is 14.3 Å². The van der Waals surface area contributed by atoms with Crippen LogP contribution >= 0.6 is 0 Å². The maximum atomic E-state index is 13.1. The zero-order chi connectivity index (χ0) is 21.7. The molecule has 1 aromatic heterocycles. The lowest BCUT2D eigenvalue weighted by molar-refractivity contribution is 0.0362. The van der Waals surface area contributed by atoms with E-state index in [2.05, 4.69) is 10.4 Å². The lowest BCUT2D eigenvalue weighted by Crippen LogP contribution is -2.40. The molecule has 1 fully saturated rings. The summed E-state index contributed by atoms with van der Waals surface area (Å²) in [6, 6.07) is 4.99. The van der Waals surface area contributed by atoms with Crippen LogP contribution in [0.2, 0.25) is 0 Å². The number of carbonyl (C=O) groups excluding carboxylic acids is 2. The van der Waals surface area contributed by atoms with Crippen molar-refractivity contribution in [3.8, 4) is 11.5 Å². The molecule has 1 aromatic carbocycles. The number of anilines is 1. The van der Waals surface area contributed by atoms with Crippen molar-refractivity contribution in [2.75, 3.05) is 39.8 Å². The first-order valence-corrected chi connectivity index (χ1v) is 9.94. The van der Waals surface area contributed by atoms with Crippen molar-refractivity contribution < 1.29 is 23.8 Å². The van der Waals surface area contributed by atoms with Gasteiger partial charge in [0.05, 0.1) is 19.9 Å². The van der Waals surface area contributed by atoms with Crippen LogP contribution in [0.15, 0.2) is 24.4 Å². The maximum absolute atomic E-state index is 13.1. The van der Waals surface area contributed by atoms with Gasteiger partial charge >= 0.3 is 0 Å². The Balaban J connectivity index is 1.92. The summed E-state index contributed by atoms with van der Waals surface area (Å²) >= 11 is 0. The number of benzene rings is 1. The Labute approximate surface area is 175 Å². The maximum Gasteiger partial charge on any atom is 0.274 e. The number of nitrogens with zero attached hydrogens (tertiary/aromatic N) is 3. The summed E-state index contributed by atoms with van der Waals surface area (Å²) in [5.74, 6) is 0.204. The topological polar surface area (TPSA) is 94.9 Å². The van der Waals surface area contributed by atoms with Crippen molar-refractivity contribution in [3.63, 3.8) is 0 Å². The summed E-state index contributed by atoms with van der Waals surface area (Å²) in [5.41, 5.74) is 1.17. The Morgan fingerprint density at radius 1 is 1.27 bits per heavy atom. The number of aryl methyl sites for hydroxylation is 1. The molecule has 1 aliphatic heterocycles. The van der Waals surface area contributed by atoms with Gasteiger partial charge < -0.3 is 24.4 Å². The van der Waals surface area contributed by atoms with Crippen LogP contribution in [0.5, 0.6) is 11.5 Å². The van der Waals surface area contributed by atoms with E-state index in [9.17, 15) is 9.59 Å². The van der Waals surface area contributed by atoms with E-state index in [1.54, 1.807) is 41.0 Å². The van der Waals surface area contributed by atoms with E-state index in [-0.39, 0.29) is 17.9 Å². The molecule has 0 unspecified atom stereocenters. The van der Waals surface area contributed by atoms with Crippen LogP contribution in [0, 0.1) is 0 Å². The second-order valence-corrected chi connectivity index (χ2v) is 7.01. The highest BCUT2D eigenvalue weighted by atomic mass is 16.5. The third-order valence-corrected chi connectivity index (χ3v) is 5.28. The molecule has 0 atom stereocenters. The molecule has 0 spiro atoms. The monoisotopic (exact) mass is 416 g/mol. The number of rotatable bonds is 7. The molecule has 0 bridgehead atoms. The Kier molecular flexibility index (Phi) is 6.94. The molecule has 2 amide bonds. The van der Waals surface area contributed by atoms with Crippen molar-refractivity contribution >= 4 is 17.5 Å². The van der Waals surface area contributed by atoms with Crippen molar-refractivity contribution in [2.24, 2.45) is 0 Å². The SMILES string of the molecule is CCn1nccc1C(=O)Nc1cc(C(=O)N(C)C2CCOCC2)cc(OC)c1OC. The smallest absolute Gasteiger partial charge is 0.274 e. The van der Waals surface area contributed by atoms with Gasteiger partial charge in [-0.1, -0.05) is 0 Å². The lowest BCUT2D eigenvalue weighted by Gasteiger charge is -2.31. The largest absolute Gasteiger partial charge is 0.493 e. The van der Waals surface area contributed by atoms with Crippen LogP contribution in [0.25, 0.3) is 0 Å².